The predicted molar refractivity (Wildman–Crippen MR) is 105 cm³/mol. The molecule has 148 valence electrons. The van der Waals surface area contributed by atoms with Crippen LogP contribution in [0.2, 0.25) is 0 Å². The van der Waals surface area contributed by atoms with Gasteiger partial charge >= 0.3 is 5.97 Å². The van der Waals surface area contributed by atoms with Crippen LogP contribution in [0.1, 0.15) is 31.9 Å². The SMILES string of the molecule is CC(=O)N(c1nc(/C=C/C(=O)OCC2CCCCO2)cs1)c1ccccc1F. The van der Waals surface area contributed by atoms with Gasteiger partial charge in [0.1, 0.15) is 12.4 Å². The Balaban J connectivity index is 1.63. The summed E-state index contributed by atoms with van der Waals surface area (Å²) in [5.74, 6) is -1.36. The van der Waals surface area contributed by atoms with Crippen molar-refractivity contribution in [1.82, 2.24) is 4.98 Å². The van der Waals surface area contributed by atoms with E-state index >= 15 is 0 Å². The van der Waals surface area contributed by atoms with E-state index in [1.54, 1.807) is 17.5 Å². The van der Waals surface area contributed by atoms with Crippen LogP contribution < -0.4 is 4.90 Å². The van der Waals surface area contributed by atoms with E-state index in [9.17, 15) is 14.0 Å². The first kappa shape index (κ1) is 20.2. The lowest BCUT2D eigenvalue weighted by atomic mass is 10.1. The number of aromatic nitrogens is 1. The molecule has 1 aromatic carbocycles. The summed E-state index contributed by atoms with van der Waals surface area (Å²) in [5, 5.41) is 2.00. The lowest BCUT2D eigenvalue weighted by Crippen LogP contribution is -2.25. The van der Waals surface area contributed by atoms with Crippen LogP contribution in [0.4, 0.5) is 15.2 Å². The summed E-state index contributed by atoms with van der Waals surface area (Å²) in [6, 6.07) is 6.00. The Kier molecular flexibility index (Phi) is 6.89. The van der Waals surface area contributed by atoms with Crippen LogP contribution in [0, 0.1) is 5.82 Å². The first-order chi connectivity index (χ1) is 13.5. The van der Waals surface area contributed by atoms with Crippen LogP contribution in [0.15, 0.2) is 35.7 Å². The van der Waals surface area contributed by atoms with E-state index in [-0.39, 0.29) is 24.3 Å². The third-order valence-corrected chi connectivity index (χ3v) is 5.03. The number of hydrogen-bond donors (Lipinski definition) is 0. The van der Waals surface area contributed by atoms with E-state index in [1.807, 2.05) is 0 Å². The van der Waals surface area contributed by atoms with Crippen molar-refractivity contribution in [3.05, 3.63) is 47.2 Å². The number of carbonyl (C=O) groups excluding carboxylic acids is 2. The average molecular weight is 404 g/mol. The lowest BCUT2D eigenvalue weighted by Gasteiger charge is -2.21. The molecule has 1 amide bonds. The molecule has 28 heavy (non-hydrogen) atoms. The van der Waals surface area contributed by atoms with Crippen LogP contribution in [-0.4, -0.2) is 36.2 Å². The van der Waals surface area contributed by atoms with Gasteiger partial charge in [-0.05, 0) is 37.5 Å². The second-order valence-electron chi connectivity index (χ2n) is 6.31. The number of ether oxygens (including phenoxy) is 2. The van der Waals surface area contributed by atoms with Crippen LogP contribution in [0.5, 0.6) is 0 Å². The average Bonchev–Trinajstić information content (AvgIpc) is 3.15. The van der Waals surface area contributed by atoms with Crippen molar-refractivity contribution >= 4 is 40.1 Å². The standard InChI is InChI=1S/C20H21FN2O4S/c1-14(24)23(18-8-3-2-7-17(18)21)20-22-15(13-28-20)9-10-19(25)27-12-16-6-4-5-11-26-16/h2-3,7-10,13,16H,4-6,11-12H2,1H3/b10-9+. The summed E-state index contributed by atoms with van der Waals surface area (Å²) in [5.41, 5.74) is 0.611. The fourth-order valence-electron chi connectivity index (χ4n) is 2.81. The molecule has 3 rings (SSSR count). The second-order valence-corrected chi connectivity index (χ2v) is 7.15. The molecular weight excluding hydrogens is 383 g/mol. The number of nitrogens with zero attached hydrogens (tertiary/aromatic N) is 2. The highest BCUT2D eigenvalue weighted by atomic mass is 32.1. The number of halogens is 1. The van der Waals surface area contributed by atoms with Gasteiger partial charge in [-0.1, -0.05) is 12.1 Å². The molecule has 1 fully saturated rings. The molecule has 0 aliphatic carbocycles. The minimum absolute atomic E-state index is 0.0399. The molecule has 0 N–H and O–H groups in total. The number of carbonyl (C=O) groups is 2. The molecule has 1 saturated heterocycles. The van der Waals surface area contributed by atoms with Crippen molar-refractivity contribution in [3.8, 4) is 0 Å². The molecule has 0 saturated carbocycles. The highest BCUT2D eigenvalue weighted by Crippen LogP contribution is 2.30. The Morgan fingerprint density at radius 2 is 2.21 bits per heavy atom. The van der Waals surface area contributed by atoms with Gasteiger partial charge in [-0.2, -0.15) is 0 Å². The highest BCUT2D eigenvalue weighted by Gasteiger charge is 2.20. The van der Waals surface area contributed by atoms with Crippen molar-refractivity contribution in [3.63, 3.8) is 0 Å². The Labute approximate surface area is 166 Å². The molecule has 1 unspecified atom stereocenters. The minimum Gasteiger partial charge on any atom is -0.460 e. The maximum Gasteiger partial charge on any atom is 0.330 e. The zero-order valence-corrected chi connectivity index (χ0v) is 16.3. The normalized spacial score (nSPS) is 16.9. The monoisotopic (exact) mass is 404 g/mol. The van der Waals surface area contributed by atoms with Crippen molar-refractivity contribution < 1.29 is 23.5 Å². The first-order valence-electron chi connectivity index (χ1n) is 9.02. The highest BCUT2D eigenvalue weighted by molar-refractivity contribution is 7.14. The molecule has 0 spiro atoms. The fraction of sp³-hybridized carbons (Fsp3) is 0.350. The summed E-state index contributed by atoms with van der Waals surface area (Å²) < 4.78 is 24.8. The van der Waals surface area contributed by atoms with Crippen LogP contribution in [-0.2, 0) is 19.1 Å². The summed E-state index contributed by atoms with van der Waals surface area (Å²) in [7, 11) is 0. The van der Waals surface area contributed by atoms with Gasteiger partial charge in [0, 0.05) is 25.0 Å². The quantitative estimate of drug-likeness (QED) is 0.536. The molecule has 1 aromatic heterocycles. The van der Waals surface area contributed by atoms with Gasteiger partial charge in [0.05, 0.1) is 17.5 Å². The molecule has 0 bridgehead atoms. The van der Waals surface area contributed by atoms with Gasteiger partial charge in [0.15, 0.2) is 5.13 Å². The zero-order valence-electron chi connectivity index (χ0n) is 15.5. The number of hydrogen-bond acceptors (Lipinski definition) is 6. The molecule has 2 aromatic rings. The van der Waals surface area contributed by atoms with Crippen molar-refractivity contribution in [2.75, 3.05) is 18.1 Å². The number of esters is 1. The van der Waals surface area contributed by atoms with Gasteiger partial charge in [-0.3, -0.25) is 9.69 Å². The van der Waals surface area contributed by atoms with E-state index in [0.29, 0.717) is 17.4 Å². The molecule has 1 aliphatic rings. The molecular formula is C20H21FN2O4S. The molecule has 0 radical (unpaired) electrons. The fourth-order valence-corrected chi connectivity index (χ4v) is 3.66. The zero-order chi connectivity index (χ0) is 19.9. The third kappa shape index (κ3) is 5.24. The number of para-hydroxylation sites is 1. The number of benzene rings is 1. The summed E-state index contributed by atoms with van der Waals surface area (Å²) in [6.45, 7) is 2.28. The van der Waals surface area contributed by atoms with Crippen molar-refractivity contribution in [2.24, 2.45) is 0 Å². The Bertz CT molecular complexity index is 861. The van der Waals surface area contributed by atoms with Crippen LogP contribution >= 0.6 is 11.3 Å². The van der Waals surface area contributed by atoms with Gasteiger partial charge in [-0.15, -0.1) is 11.3 Å². The topological polar surface area (TPSA) is 68.7 Å². The Morgan fingerprint density at radius 3 is 2.93 bits per heavy atom. The molecule has 8 heteroatoms. The number of amides is 1. The maximum atomic E-state index is 14.1. The van der Waals surface area contributed by atoms with Gasteiger partial charge < -0.3 is 9.47 Å². The first-order valence-corrected chi connectivity index (χ1v) is 9.90. The molecule has 6 nitrogen and oxygen atoms in total. The maximum absolute atomic E-state index is 14.1. The lowest BCUT2D eigenvalue weighted by molar-refractivity contribution is -0.143. The van der Waals surface area contributed by atoms with Crippen molar-refractivity contribution in [2.45, 2.75) is 32.3 Å². The number of anilines is 2. The number of rotatable bonds is 6. The predicted octanol–water partition coefficient (Wildman–Crippen LogP) is 4.09. The van der Waals surface area contributed by atoms with Gasteiger partial charge in [-0.25, -0.2) is 14.2 Å². The van der Waals surface area contributed by atoms with Gasteiger partial charge in [0.25, 0.3) is 0 Å². The van der Waals surface area contributed by atoms with E-state index in [0.717, 1.165) is 19.3 Å². The Hall–Kier alpha value is -2.58. The molecule has 1 atom stereocenters. The third-order valence-electron chi connectivity index (χ3n) is 4.19. The minimum atomic E-state index is -0.515. The second kappa shape index (κ2) is 9.57. The van der Waals surface area contributed by atoms with E-state index in [2.05, 4.69) is 4.98 Å². The molecule has 2 heterocycles. The summed E-state index contributed by atoms with van der Waals surface area (Å²) in [6.07, 6.45) is 5.76. The summed E-state index contributed by atoms with van der Waals surface area (Å²) in [4.78, 5) is 29.4. The Morgan fingerprint density at radius 1 is 1.39 bits per heavy atom. The summed E-state index contributed by atoms with van der Waals surface area (Å²) >= 11 is 1.18. The van der Waals surface area contributed by atoms with Crippen molar-refractivity contribution in [1.29, 1.82) is 0 Å². The van der Waals surface area contributed by atoms with Crippen LogP contribution in [0.25, 0.3) is 6.08 Å². The number of thiazole rings is 1. The van der Waals surface area contributed by atoms with E-state index in [1.165, 1.54) is 47.4 Å². The van der Waals surface area contributed by atoms with E-state index < -0.39 is 11.8 Å². The van der Waals surface area contributed by atoms with Crippen LogP contribution in [0.3, 0.4) is 0 Å². The van der Waals surface area contributed by atoms with Gasteiger partial charge in [0.2, 0.25) is 5.91 Å². The van der Waals surface area contributed by atoms with E-state index in [4.69, 9.17) is 9.47 Å². The molecule has 1 aliphatic heterocycles. The largest absolute Gasteiger partial charge is 0.460 e. The smallest absolute Gasteiger partial charge is 0.330 e.